The van der Waals surface area contributed by atoms with Gasteiger partial charge < -0.3 is 9.52 Å². The number of rotatable bonds is 6. The van der Waals surface area contributed by atoms with Gasteiger partial charge in [0, 0.05) is 12.0 Å². The number of unbranched alkanes of at least 4 members (excludes halogenated alkanes) is 3. The van der Waals surface area contributed by atoms with Gasteiger partial charge in [0.2, 0.25) is 0 Å². The van der Waals surface area contributed by atoms with Gasteiger partial charge in [-0.3, -0.25) is 0 Å². The van der Waals surface area contributed by atoms with Gasteiger partial charge in [0.05, 0.1) is 5.39 Å². The lowest BCUT2D eigenvalue weighted by Gasteiger charge is -2.28. The van der Waals surface area contributed by atoms with Crippen molar-refractivity contribution in [1.82, 2.24) is 0 Å². The lowest BCUT2D eigenvalue weighted by atomic mass is 9.76. The first-order valence-corrected chi connectivity index (χ1v) is 10.0. The first kappa shape index (κ1) is 18.4. The third-order valence-electron chi connectivity index (χ3n) is 6.08. The minimum atomic E-state index is 0.0615. The Morgan fingerprint density at radius 3 is 2.64 bits per heavy atom. The monoisotopic (exact) mass is 342 g/mol. The predicted molar refractivity (Wildman–Crippen MR) is 105 cm³/mol. The third kappa shape index (κ3) is 3.73. The quantitative estimate of drug-likeness (QED) is 0.579. The maximum absolute atomic E-state index is 10.7. The summed E-state index contributed by atoms with van der Waals surface area (Å²) in [6, 6.07) is 4.16. The first-order chi connectivity index (χ1) is 11.7. The van der Waals surface area contributed by atoms with Gasteiger partial charge in [0.15, 0.2) is 0 Å². The zero-order chi connectivity index (χ0) is 18.2. The van der Waals surface area contributed by atoms with Crippen LogP contribution in [0.5, 0.6) is 5.75 Å². The van der Waals surface area contributed by atoms with E-state index in [0.29, 0.717) is 5.75 Å². The summed E-state index contributed by atoms with van der Waals surface area (Å²) >= 11 is 0. The zero-order valence-electron chi connectivity index (χ0n) is 16.7. The van der Waals surface area contributed by atoms with E-state index >= 15 is 0 Å². The molecule has 0 radical (unpaired) electrons. The fourth-order valence-electron chi connectivity index (χ4n) is 4.24. The molecule has 0 aliphatic heterocycles. The van der Waals surface area contributed by atoms with Crippen LogP contribution in [0.15, 0.2) is 16.5 Å². The Morgan fingerprint density at radius 2 is 1.92 bits per heavy atom. The van der Waals surface area contributed by atoms with Crippen molar-refractivity contribution in [1.29, 1.82) is 0 Å². The molecule has 1 aromatic heterocycles. The third-order valence-corrected chi connectivity index (χ3v) is 6.08. The molecule has 2 aromatic rings. The van der Waals surface area contributed by atoms with E-state index in [1.54, 1.807) is 0 Å². The molecule has 1 aliphatic carbocycles. The van der Waals surface area contributed by atoms with Crippen molar-refractivity contribution in [2.24, 2.45) is 5.41 Å². The second-order valence-corrected chi connectivity index (χ2v) is 9.41. The van der Waals surface area contributed by atoms with Crippen molar-refractivity contribution in [2.45, 2.75) is 91.4 Å². The second-order valence-electron chi connectivity index (χ2n) is 9.41. The van der Waals surface area contributed by atoms with Gasteiger partial charge in [0.1, 0.15) is 17.1 Å². The summed E-state index contributed by atoms with van der Waals surface area (Å²) in [7, 11) is 0. The molecule has 1 heterocycles. The van der Waals surface area contributed by atoms with Crippen molar-refractivity contribution < 1.29 is 9.52 Å². The van der Waals surface area contributed by atoms with Crippen LogP contribution in [-0.4, -0.2) is 5.11 Å². The molecule has 0 atom stereocenters. The number of fused-ring (bicyclic) bond motifs is 3. The topological polar surface area (TPSA) is 33.4 Å². The van der Waals surface area contributed by atoms with Crippen LogP contribution in [0.1, 0.15) is 90.0 Å². The number of benzene rings is 1. The van der Waals surface area contributed by atoms with Gasteiger partial charge >= 0.3 is 0 Å². The Bertz CT molecular complexity index is 749. The van der Waals surface area contributed by atoms with Crippen molar-refractivity contribution in [3.63, 3.8) is 0 Å². The van der Waals surface area contributed by atoms with Crippen LogP contribution in [0.25, 0.3) is 11.0 Å². The number of phenols is 1. The Kier molecular flexibility index (Phi) is 4.92. The second kappa shape index (κ2) is 6.70. The molecule has 1 aliphatic rings. The average Bonchev–Trinajstić information content (AvgIpc) is 2.88. The molecule has 0 bridgehead atoms. The summed E-state index contributed by atoms with van der Waals surface area (Å²) in [4.78, 5) is 0. The maximum Gasteiger partial charge on any atom is 0.138 e. The summed E-state index contributed by atoms with van der Waals surface area (Å²) < 4.78 is 6.23. The zero-order valence-corrected chi connectivity index (χ0v) is 16.7. The lowest BCUT2D eigenvalue weighted by molar-refractivity contribution is 0.287. The normalized spacial score (nSPS) is 17.0. The highest BCUT2D eigenvalue weighted by atomic mass is 16.3. The van der Waals surface area contributed by atoms with E-state index < -0.39 is 0 Å². The van der Waals surface area contributed by atoms with E-state index in [0.717, 1.165) is 42.4 Å². The molecule has 1 N–H and O–H groups in total. The summed E-state index contributed by atoms with van der Waals surface area (Å²) in [6.07, 6.45) is 9.36. The number of aromatic hydroxyl groups is 1. The molecule has 1 aromatic carbocycles. The van der Waals surface area contributed by atoms with E-state index in [9.17, 15) is 5.11 Å². The van der Waals surface area contributed by atoms with Crippen LogP contribution in [0.2, 0.25) is 0 Å². The fraction of sp³-hybridized carbons (Fsp3) is 0.652. The van der Waals surface area contributed by atoms with Gasteiger partial charge in [0.25, 0.3) is 0 Å². The summed E-state index contributed by atoms with van der Waals surface area (Å²) in [5.74, 6) is 1.48. The SMILES string of the molecule is CCCCCCC(C)(C)c1cc(O)c2c3c(oc2c1)CC(C)(C)CC3. The van der Waals surface area contributed by atoms with Crippen LogP contribution >= 0.6 is 0 Å². The molecule has 138 valence electrons. The molecule has 25 heavy (non-hydrogen) atoms. The van der Waals surface area contributed by atoms with Crippen molar-refractivity contribution in [3.8, 4) is 5.75 Å². The standard InChI is InChI=1S/C23H34O2/c1-6-7-8-9-11-23(4,5)16-13-18(24)21-17-10-12-22(2,3)15-20(17)25-19(21)14-16/h13-14,24H,6-12,15H2,1-5H3. The average molecular weight is 343 g/mol. The van der Waals surface area contributed by atoms with Crippen LogP contribution in [0.4, 0.5) is 0 Å². The van der Waals surface area contributed by atoms with E-state index in [1.165, 1.54) is 36.8 Å². The van der Waals surface area contributed by atoms with Crippen molar-refractivity contribution in [2.75, 3.05) is 0 Å². The molecule has 0 unspecified atom stereocenters. The Labute approximate surface area is 152 Å². The van der Waals surface area contributed by atoms with Crippen LogP contribution < -0.4 is 0 Å². The van der Waals surface area contributed by atoms with Gasteiger partial charge in [-0.2, -0.15) is 0 Å². The Balaban J connectivity index is 1.92. The van der Waals surface area contributed by atoms with Gasteiger partial charge in [-0.05, 0) is 47.8 Å². The smallest absolute Gasteiger partial charge is 0.138 e. The van der Waals surface area contributed by atoms with Crippen LogP contribution in [0.3, 0.4) is 0 Å². The van der Waals surface area contributed by atoms with E-state index in [4.69, 9.17) is 4.42 Å². The van der Waals surface area contributed by atoms with Crippen molar-refractivity contribution >= 4 is 11.0 Å². The maximum atomic E-state index is 10.7. The fourth-order valence-corrected chi connectivity index (χ4v) is 4.24. The Morgan fingerprint density at radius 1 is 1.16 bits per heavy atom. The number of hydrogen-bond donors (Lipinski definition) is 1. The van der Waals surface area contributed by atoms with Crippen LogP contribution in [0, 0.1) is 5.41 Å². The predicted octanol–water partition coefficient (Wildman–Crippen LogP) is 6.90. The summed E-state index contributed by atoms with van der Waals surface area (Å²) in [5, 5.41) is 11.7. The number of phenolic OH excluding ortho intramolecular Hbond substituents is 1. The molecular weight excluding hydrogens is 308 g/mol. The molecular formula is C23H34O2. The van der Waals surface area contributed by atoms with E-state index in [1.807, 2.05) is 6.07 Å². The van der Waals surface area contributed by atoms with Crippen LogP contribution in [-0.2, 0) is 18.3 Å². The molecule has 3 rings (SSSR count). The number of hydrogen-bond acceptors (Lipinski definition) is 2. The summed E-state index contributed by atoms with van der Waals surface area (Å²) in [5.41, 5.74) is 3.65. The van der Waals surface area contributed by atoms with Crippen molar-refractivity contribution in [3.05, 3.63) is 29.0 Å². The molecule has 0 saturated heterocycles. The highest BCUT2D eigenvalue weighted by Gasteiger charge is 2.31. The molecule has 2 nitrogen and oxygen atoms in total. The van der Waals surface area contributed by atoms with E-state index in [-0.39, 0.29) is 10.8 Å². The number of furan rings is 1. The molecule has 0 saturated carbocycles. The van der Waals surface area contributed by atoms with E-state index in [2.05, 4.69) is 40.7 Å². The van der Waals surface area contributed by atoms with Gasteiger partial charge in [-0.15, -0.1) is 0 Å². The number of aryl methyl sites for hydroxylation is 1. The minimum absolute atomic E-state index is 0.0615. The highest BCUT2D eigenvalue weighted by molar-refractivity contribution is 5.89. The largest absolute Gasteiger partial charge is 0.507 e. The first-order valence-electron chi connectivity index (χ1n) is 10.0. The molecule has 0 fully saturated rings. The highest BCUT2D eigenvalue weighted by Crippen LogP contribution is 2.44. The minimum Gasteiger partial charge on any atom is -0.507 e. The summed E-state index contributed by atoms with van der Waals surface area (Å²) in [6.45, 7) is 11.4. The lowest BCUT2D eigenvalue weighted by Crippen LogP contribution is -2.21. The van der Waals surface area contributed by atoms with Gasteiger partial charge in [-0.25, -0.2) is 0 Å². The molecule has 0 amide bonds. The van der Waals surface area contributed by atoms with Gasteiger partial charge in [-0.1, -0.05) is 60.3 Å². The molecule has 2 heteroatoms. The molecule has 0 spiro atoms. The Hall–Kier alpha value is -1.44.